The van der Waals surface area contributed by atoms with Gasteiger partial charge in [-0.05, 0) is 77.0 Å². The summed E-state index contributed by atoms with van der Waals surface area (Å²) in [6.07, 6.45) is 47.7. The number of hydrogen-bond acceptors (Lipinski definition) is 10. The highest BCUT2D eigenvalue weighted by molar-refractivity contribution is 5.70. The number of esters is 2. The molecule has 0 bridgehead atoms. The van der Waals surface area contributed by atoms with Gasteiger partial charge in [0, 0.05) is 12.8 Å². The number of carbonyl (C=O) groups excluding carboxylic acids is 2. The van der Waals surface area contributed by atoms with Crippen molar-refractivity contribution in [2.24, 2.45) is 0 Å². The van der Waals surface area contributed by atoms with E-state index in [-0.39, 0.29) is 26.1 Å². The van der Waals surface area contributed by atoms with E-state index in [9.17, 15) is 30.0 Å². The number of unbranched alkanes of at least 4 members (excludes halogenated alkanes) is 18. The highest BCUT2D eigenvalue weighted by Crippen LogP contribution is 2.22. The number of carbonyl (C=O) groups is 2. The van der Waals surface area contributed by atoms with Crippen molar-refractivity contribution < 1.29 is 49.0 Å². The fourth-order valence-corrected chi connectivity index (χ4v) is 7.11. The molecule has 0 aromatic rings. The summed E-state index contributed by atoms with van der Waals surface area (Å²) in [6.45, 7) is 3.32. The first-order valence-corrected chi connectivity index (χ1v) is 25.0. The Morgan fingerprint density at radius 3 is 1.44 bits per heavy atom. The van der Waals surface area contributed by atoms with Gasteiger partial charge in [0.2, 0.25) is 0 Å². The maximum Gasteiger partial charge on any atom is 0.306 e. The monoisotopic (exact) mass is 887 g/mol. The minimum absolute atomic E-state index is 0.149. The van der Waals surface area contributed by atoms with Crippen molar-refractivity contribution in [1.82, 2.24) is 0 Å². The molecule has 1 saturated heterocycles. The van der Waals surface area contributed by atoms with Crippen molar-refractivity contribution in [3.8, 4) is 0 Å². The Morgan fingerprint density at radius 2 is 0.921 bits per heavy atom. The Morgan fingerprint density at radius 1 is 0.492 bits per heavy atom. The molecule has 0 amide bonds. The normalized spacial score (nSPS) is 20.1. The second-order valence-corrected chi connectivity index (χ2v) is 16.9. The quantitative estimate of drug-likeness (QED) is 0.0265. The highest BCUT2D eigenvalue weighted by Gasteiger charge is 2.44. The molecule has 4 N–H and O–H groups in total. The summed E-state index contributed by atoms with van der Waals surface area (Å²) < 4.78 is 22.1. The van der Waals surface area contributed by atoms with Gasteiger partial charge < -0.3 is 39.4 Å². The second kappa shape index (κ2) is 43.1. The maximum atomic E-state index is 12.8. The number of ether oxygens (including phenoxy) is 4. The first-order valence-electron chi connectivity index (χ1n) is 25.0. The van der Waals surface area contributed by atoms with Gasteiger partial charge in [-0.25, -0.2) is 0 Å². The summed E-state index contributed by atoms with van der Waals surface area (Å²) in [5.41, 5.74) is 0. The van der Waals surface area contributed by atoms with Crippen LogP contribution >= 0.6 is 0 Å². The zero-order valence-corrected chi connectivity index (χ0v) is 39.6. The van der Waals surface area contributed by atoms with E-state index in [1.807, 2.05) is 12.2 Å². The van der Waals surface area contributed by atoms with E-state index in [1.165, 1.54) is 109 Å². The first-order chi connectivity index (χ1) is 30.8. The van der Waals surface area contributed by atoms with Gasteiger partial charge >= 0.3 is 11.9 Å². The lowest BCUT2D eigenvalue weighted by Gasteiger charge is -2.39. The summed E-state index contributed by atoms with van der Waals surface area (Å²) >= 11 is 0. The SMILES string of the molecule is CCCCC/C=C/C/C=C/C/C=C/C/C=C/C/C=C/CCC(=O)OC[C@@H](CO[C@H]1O[C@@H](CO)[C@@H](O)C(O)C1O)OC(=O)CCCCCCCCCCC/C=C/CCCCCCCC. The second-order valence-electron chi connectivity index (χ2n) is 16.9. The fraction of sp³-hybridized carbons (Fsp3) is 0.736. The molecule has 0 saturated carbocycles. The molecular weight excluding hydrogens is 797 g/mol. The summed E-state index contributed by atoms with van der Waals surface area (Å²) in [6, 6.07) is 0. The van der Waals surface area contributed by atoms with E-state index in [2.05, 4.69) is 74.6 Å². The molecule has 362 valence electrons. The molecule has 0 spiro atoms. The number of rotatable bonds is 41. The van der Waals surface area contributed by atoms with E-state index in [0.717, 1.165) is 44.9 Å². The molecule has 0 aromatic heterocycles. The van der Waals surface area contributed by atoms with Gasteiger partial charge in [-0.3, -0.25) is 9.59 Å². The van der Waals surface area contributed by atoms with Crippen LogP contribution in [0.25, 0.3) is 0 Å². The summed E-state index contributed by atoms with van der Waals surface area (Å²) in [4.78, 5) is 25.4. The minimum atomic E-state index is -1.61. The van der Waals surface area contributed by atoms with E-state index < -0.39 is 55.4 Å². The molecule has 1 aliphatic rings. The Kier molecular flexibility index (Phi) is 39.7. The largest absolute Gasteiger partial charge is 0.462 e. The van der Waals surface area contributed by atoms with Crippen LogP contribution in [0.2, 0.25) is 0 Å². The molecule has 0 aromatic carbocycles. The Balaban J connectivity index is 2.34. The van der Waals surface area contributed by atoms with Crippen LogP contribution in [-0.2, 0) is 28.5 Å². The van der Waals surface area contributed by atoms with E-state index in [0.29, 0.717) is 12.8 Å². The standard InChI is InChI=1S/C53H90O10/c1-3-5-7-9-11-13-15-17-19-21-23-25-27-29-31-33-35-37-39-41-48(55)60-44-46(45-61-53-52(59)51(58)50(57)47(43-54)63-53)62-49(56)42-40-38-36-34-32-30-28-26-24-22-20-18-16-14-12-10-8-6-4-2/h11,13,17-20,23,25,29,31,35,37,46-47,50-54,57-59H,3-10,12,14-16,21-22,24,26-28,30,32-34,36,38-45H2,1-2H3/b13-11+,19-17+,20-18+,25-23+,31-29+,37-35+/t46-,47-,50+,51?,52?,53-/m0/s1. The zero-order valence-electron chi connectivity index (χ0n) is 39.6. The molecule has 1 aliphatic heterocycles. The smallest absolute Gasteiger partial charge is 0.306 e. The van der Waals surface area contributed by atoms with Crippen LogP contribution in [0.4, 0.5) is 0 Å². The number of aliphatic hydroxyl groups is 4. The molecule has 1 fully saturated rings. The topological polar surface area (TPSA) is 152 Å². The van der Waals surface area contributed by atoms with Crippen LogP contribution in [-0.4, -0.2) is 89.0 Å². The third kappa shape index (κ3) is 34.2. The van der Waals surface area contributed by atoms with Gasteiger partial charge in [0.15, 0.2) is 12.4 Å². The summed E-state index contributed by atoms with van der Waals surface area (Å²) in [5.74, 6) is -0.906. The molecule has 10 nitrogen and oxygen atoms in total. The van der Waals surface area contributed by atoms with E-state index >= 15 is 0 Å². The third-order valence-electron chi connectivity index (χ3n) is 11.1. The molecular formula is C53H90O10. The van der Waals surface area contributed by atoms with E-state index in [1.54, 1.807) is 0 Å². The average Bonchev–Trinajstić information content (AvgIpc) is 3.28. The fourth-order valence-electron chi connectivity index (χ4n) is 7.11. The molecule has 10 heteroatoms. The lowest BCUT2D eigenvalue weighted by atomic mass is 9.99. The number of aliphatic hydroxyl groups excluding tert-OH is 4. The number of allylic oxidation sites excluding steroid dienone is 12. The molecule has 6 atom stereocenters. The van der Waals surface area contributed by atoms with Gasteiger partial charge in [-0.15, -0.1) is 0 Å². The van der Waals surface area contributed by atoms with Crippen LogP contribution in [0.15, 0.2) is 72.9 Å². The predicted octanol–water partition coefficient (Wildman–Crippen LogP) is 11.6. The Hall–Kier alpha value is -2.86. The first kappa shape index (κ1) is 58.2. The summed E-state index contributed by atoms with van der Waals surface area (Å²) in [7, 11) is 0. The van der Waals surface area contributed by atoms with Crippen LogP contribution < -0.4 is 0 Å². The van der Waals surface area contributed by atoms with Gasteiger partial charge in [0.05, 0.1) is 13.2 Å². The van der Waals surface area contributed by atoms with Crippen LogP contribution in [0.3, 0.4) is 0 Å². The molecule has 63 heavy (non-hydrogen) atoms. The Bertz CT molecular complexity index is 1250. The van der Waals surface area contributed by atoms with Crippen molar-refractivity contribution in [3.63, 3.8) is 0 Å². The Labute approximate surface area is 383 Å². The number of hydrogen-bond donors (Lipinski definition) is 4. The van der Waals surface area contributed by atoms with Crippen molar-refractivity contribution in [3.05, 3.63) is 72.9 Å². The lowest BCUT2D eigenvalue weighted by Crippen LogP contribution is -2.59. The molecule has 0 aliphatic carbocycles. The molecule has 0 radical (unpaired) electrons. The van der Waals surface area contributed by atoms with Gasteiger partial charge in [0.1, 0.15) is 31.0 Å². The van der Waals surface area contributed by atoms with Crippen LogP contribution in [0, 0.1) is 0 Å². The average molecular weight is 887 g/mol. The van der Waals surface area contributed by atoms with Crippen molar-refractivity contribution >= 4 is 11.9 Å². The predicted molar refractivity (Wildman–Crippen MR) is 256 cm³/mol. The maximum absolute atomic E-state index is 12.8. The van der Waals surface area contributed by atoms with Crippen LogP contribution in [0.1, 0.15) is 194 Å². The van der Waals surface area contributed by atoms with Crippen molar-refractivity contribution in [1.29, 1.82) is 0 Å². The van der Waals surface area contributed by atoms with Crippen molar-refractivity contribution in [2.45, 2.75) is 230 Å². The van der Waals surface area contributed by atoms with Gasteiger partial charge in [0.25, 0.3) is 0 Å². The van der Waals surface area contributed by atoms with Gasteiger partial charge in [-0.2, -0.15) is 0 Å². The lowest BCUT2D eigenvalue weighted by molar-refractivity contribution is -0.305. The highest BCUT2D eigenvalue weighted by atomic mass is 16.7. The molecule has 2 unspecified atom stereocenters. The third-order valence-corrected chi connectivity index (χ3v) is 11.1. The molecule has 1 heterocycles. The summed E-state index contributed by atoms with van der Waals surface area (Å²) in [5, 5.41) is 40.2. The van der Waals surface area contributed by atoms with Crippen molar-refractivity contribution in [2.75, 3.05) is 19.8 Å². The minimum Gasteiger partial charge on any atom is -0.462 e. The van der Waals surface area contributed by atoms with Crippen LogP contribution in [0.5, 0.6) is 0 Å². The zero-order chi connectivity index (χ0) is 45.9. The van der Waals surface area contributed by atoms with E-state index in [4.69, 9.17) is 18.9 Å². The molecule has 1 rings (SSSR count). The van der Waals surface area contributed by atoms with Gasteiger partial charge in [-0.1, -0.05) is 177 Å².